The van der Waals surface area contributed by atoms with Gasteiger partial charge in [0, 0.05) is 0 Å². The molecule has 0 saturated heterocycles. The molecule has 0 aliphatic rings. The van der Waals surface area contributed by atoms with Crippen LogP contribution in [0, 0.1) is 0 Å². The zero-order valence-corrected chi connectivity index (χ0v) is 6.18. The molecule has 4 N–H and O–H groups in total. The molecule has 0 unspecified atom stereocenters. The molecule has 0 spiro atoms. The van der Waals surface area contributed by atoms with Crippen molar-refractivity contribution >= 4 is 76.3 Å². The van der Waals surface area contributed by atoms with Crippen molar-refractivity contribution in [1.82, 2.24) is 0 Å². The van der Waals surface area contributed by atoms with Crippen LogP contribution in [0.3, 0.4) is 0 Å². The fraction of sp³-hybridized carbons (Fsp3) is 0. The van der Waals surface area contributed by atoms with Crippen LogP contribution in [0.1, 0.15) is 0 Å². The molecular weight excluding hydrogens is 366 g/mol. The molecule has 0 atom stereocenters. The standard InChI is InChI=1S/BHO2.Ba.3H2O.O.Sb.2H/c2-1-3;;;;;;;;/h2H;;3*1H2;;;;/q;;;;;;+3;;/p-3. The van der Waals surface area contributed by atoms with Crippen LogP contribution in [-0.4, -0.2) is 91.5 Å². The van der Waals surface area contributed by atoms with E-state index >= 15 is 0 Å². The van der Waals surface area contributed by atoms with E-state index in [1.165, 1.54) is 0 Å². The molecule has 0 aliphatic carbocycles. The van der Waals surface area contributed by atoms with Gasteiger partial charge in [0.05, 0.1) is 0 Å². The van der Waals surface area contributed by atoms with Crippen LogP contribution in [0.5, 0.6) is 0 Å². The Bertz CT molecular complexity index is 87.0. The second-order valence-corrected chi connectivity index (χ2v) is 3.55. The molecule has 0 aromatic carbocycles. The van der Waals surface area contributed by atoms with Gasteiger partial charge in [-0.05, 0) is 0 Å². The van der Waals surface area contributed by atoms with Crippen LogP contribution in [-0.2, 0) is 7.72 Å². The molecule has 0 aromatic rings. The maximum absolute atomic E-state index is 8.97. The molecule has 9 heavy (non-hydrogen) atoms. The van der Waals surface area contributed by atoms with Crippen LogP contribution in [0.25, 0.3) is 0 Å². The van der Waals surface area contributed by atoms with Gasteiger partial charge >= 0.3 is 99.2 Å². The van der Waals surface area contributed by atoms with E-state index in [-0.39, 0.29) is 56.2 Å². The topological polar surface area (TPSA) is 115 Å². The molecule has 0 heterocycles. The predicted octanol–water partition coefficient (Wildman–Crippen LogP) is -4.14. The summed E-state index contributed by atoms with van der Waals surface area (Å²) in [6.45, 7) is 0. The summed E-state index contributed by atoms with van der Waals surface area (Å²) in [7, 11) is -0.250. The van der Waals surface area contributed by atoms with E-state index in [1.54, 1.807) is 0 Å². The van der Waals surface area contributed by atoms with Crippen LogP contribution in [0.4, 0.5) is 0 Å². The Morgan fingerprint density at radius 1 is 1.22 bits per heavy atom. The van der Waals surface area contributed by atoms with Gasteiger partial charge in [-0.2, -0.15) is 0 Å². The Balaban J connectivity index is -0.0000000800. The van der Waals surface area contributed by atoms with Crippen LogP contribution in [0.2, 0.25) is 0 Å². The van der Waals surface area contributed by atoms with Crippen molar-refractivity contribution in [2.45, 2.75) is 0 Å². The summed E-state index contributed by atoms with van der Waals surface area (Å²) in [5.41, 5.74) is 0. The Morgan fingerprint density at radius 3 is 1.22 bits per heavy atom. The molecule has 0 radical (unpaired) electrons. The van der Waals surface area contributed by atoms with E-state index < -0.39 is 20.1 Å². The van der Waals surface area contributed by atoms with Gasteiger partial charge in [0.2, 0.25) is 0 Å². The van der Waals surface area contributed by atoms with E-state index in [0.717, 1.165) is 0 Å². The van der Waals surface area contributed by atoms with Gasteiger partial charge in [0.25, 0.3) is 0 Å². The Kier molecular flexibility index (Phi) is 18.4. The first-order valence-electron chi connectivity index (χ1n) is 1.28. The van der Waals surface area contributed by atoms with E-state index in [2.05, 4.69) is 0 Å². The van der Waals surface area contributed by atoms with Crippen molar-refractivity contribution in [3.05, 3.63) is 0 Å². The molecule has 0 fully saturated rings. The molecule has 52 valence electrons. The summed E-state index contributed by atoms with van der Waals surface area (Å²) in [6, 6.07) is 0. The Labute approximate surface area is 97.3 Å². The third-order valence-electron chi connectivity index (χ3n) is 0. The minimum atomic E-state index is -5.35. The summed E-state index contributed by atoms with van der Waals surface area (Å²) in [4.78, 5) is 0. The summed E-state index contributed by atoms with van der Waals surface area (Å²) < 4.78 is 39.2. The first-order valence-corrected chi connectivity index (χ1v) is 5.74. The molecule has 6 nitrogen and oxygen atoms in total. The quantitative estimate of drug-likeness (QED) is 0.321. The summed E-state index contributed by atoms with van der Waals surface area (Å²) in [5, 5.41) is 6.89. The molecule has 0 saturated carbocycles. The van der Waals surface area contributed by atoms with Crippen LogP contribution < -0.4 is 0 Å². The van der Waals surface area contributed by atoms with Gasteiger partial charge in [-0.1, -0.05) is 0 Å². The SMILES string of the molecule is O=BO.[BaH2].[O]=[Sb]([OH])([OH])[OH]. The second kappa shape index (κ2) is 9.73. The molecule has 0 aromatic heterocycles. The van der Waals surface area contributed by atoms with Crippen molar-refractivity contribution in [2.75, 3.05) is 0 Å². The van der Waals surface area contributed by atoms with E-state index in [9.17, 15) is 0 Å². The summed E-state index contributed by atoms with van der Waals surface area (Å²) in [6.07, 6.45) is 0. The number of hydrogen-bond acceptors (Lipinski definition) is 2. The van der Waals surface area contributed by atoms with Gasteiger partial charge in [-0.15, -0.1) is 0 Å². The van der Waals surface area contributed by atoms with Gasteiger partial charge in [-0.3, -0.25) is 0 Å². The molecule has 0 bridgehead atoms. The van der Waals surface area contributed by atoms with Gasteiger partial charge in [0.1, 0.15) is 0 Å². The van der Waals surface area contributed by atoms with Gasteiger partial charge in [0.15, 0.2) is 0 Å². The van der Waals surface area contributed by atoms with E-state index in [0.29, 0.717) is 0 Å². The molecule has 0 aliphatic heterocycles. The van der Waals surface area contributed by atoms with E-state index in [1.807, 2.05) is 0 Å². The average Bonchev–Trinajstić information content (AvgIpc) is 1.27. The first-order chi connectivity index (χ1) is 3.41. The van der Waals surface area contributed by atoms with Crippen LogP contribution >= 0.6 is 0 Å². The third kappa shape index (κ3) is 194. The van der Waals surface area contributed by atoms with Gasteiger partial charge in [-0.25, -0.2) is 0 Å². The van der Waals surface area contributed by atoms with Crippen LogP contribution in [0.15, 0.2) is 0 Å². The zero-order chi connectivity index (χ0) is 7.21. The minimum absolute atomic E-state index is 0. The van der Waals surface area contributed by atoms with Crippen molar-refractivity contribution in [3.63, 3.8) is 0 Å². The molecule has 0 rings (SSSR count). The molecule has 0 amide bonds. The summed E-state index contributed by atoms with van der Waals surface area (Å²) in [5.74, 6) is 0. The fourth-order valence-corrected chi connectivity index (χ4v) is 0. The molecule has 9 heteroatoms. The zero-order valence-electron chi connectivity index (χ0n) is 3.63. The van der Waals surface area contributed by atoms with Gasteiger partial charge < -0.3 is 0 Å². The first kappa shape index (κ1) is 17.0. The number of rotatable bonds is 0. The Hall–Kier alpha value is 1.73. The van der Waals surface area contributed by atoms with Crippen molar-refractivity contribution in [3.8, 4) is 0 Å². The van der Waals surface area contributed by atoms with E-state index in [4.69, 9.17) is 22.9 Å². The normalized spacial score (nSPS) is 7.44. The Morgan fingerprint density at radius 2 is 1.22 bits per heavy atom. The fourth-order valence-electron chi connectivity index (χ4n) is 0. The second-order valence-electron chi connectivity index (χ2n) is 0.619. The monoisotopic (exact) mass is 372 g/mol. The van der Waals surface area contributed by atoms with Crippen molar-refractivity contribution in [2.24, 2.45) is 0 Å². The predicted molar refractivity (Wildman–Crippen MR) is 30.3 cm³/mol. The third-order valence-corrected chi connectivity index (χ3v) is 0. The van der Waals surface area contributed by atoms with Crippen molar-refractivity contribution < 1.29 is 22.9 Å². The average molecular weight is 372 g/mol. The number of hydrogen-bond donors (Lipinski definition) is 4. The summed E-state index contributed by atoms with van der Waals surface area (Å²) >= 11 is -5.35. The maximum atomic E-state index is 8.97. The van der Waals surface area contributed by atoms with Crippen molar-refractivity contribution in [1.29, 1.82) is 0 Å². The molecular formula is H6BBaO6Sb.